The number of benzene rings is 9. The van der Waals surface area contributed by atoms with E-state index >= 15 is 0 Å². The van der Waals surface area contributed by atoms with Gasteiger partial charge in [-0.05, 0) is 83.9 Å². The minimum atomic E-state index is 0.537. The number of ether oxygens (including phenoxy) is 1. The molecule has 0 amide bonds. The number of anilines is 4. The normalized spacial score (nSPS) is 12.7. The van der Waals surface area contributed by atoms with Crippen LogP contribution in [0, 0.1) is 0 Å². The van der Waals surface area contributed by atoms with Gasteiger partial charge in [0, 0.05) is 56.7 Å². The summed E-state index contributed by atoms with van der Waals surface area (Å²) in [5, 5.41) is 3.89. The first kappa shape index (κ1) is 38.5. The van der Waals surface area contributed by atoms with Gasteiger partial charge in [0.1, 0.15) is 23.8 Å². The van der Waals surface area contributed by atoms with Gasteiger partial charge in [-0.3, -0.25) is 8.97 Å². The number of nitrogens with zero attached hydrogens (tertiary/aromatic N) is 6. The summed E-state index contributed by atoms with van der Waals surface area (Å²) >= 11 is 0. The number of furan rings is 2. The molecule has 0 atom stereocenters. The van der Waals surface area contributed by atoms with Crippen molar-refractivity contribution in [3.05, 3.63) is 219 Å². The van der Waals surface area contributed by atoms with Crippen LogP contribution in [0.2, 0.25) is 0 Å². The highest BCUT2D eigenvalue weighted by atomic mass is 16.5. The molecule has 1 aliphatic rings. The van der Waals surface area contributed by atoms with E-state index in [2.05, 4.69) is 170 Å². The fourth-order valence-electron chi connectivity index (χ4n) is 10.7. The minimum absolute atomic E-state index is 0.537. The second-order valence-electron chi connectivity index (χ2n) is 17.8. The highest BCUT2D eigenvalue weighted by molar-refractivity contribution is 6.20. The Bertz CT molecular complexity index is 4320. The summed E-state index contributed by atoms with van der Waals surface area (Å²) in [6.45, 7) is 0.537. The second-order valence-corrected chi connectivity index (χ2v) is 17.8. The van der Waals surface area contributed by atoms with Crippen molar-refractivity contribution in [1.82, 2.24) is 18.9 Å². The summed E-state index contributed by atoms with van der Waals surface area (Å²) in [6, 6.07) is 73.8. The van der Waals surface area contributed by atoms with Gasteiger partial charge in [-0.2, -0.15) is 0 Å². The van der Waals surface area contributed by atoms with Crippen molar-refractivity contribution in [2.45, 2.75) is 0 Å². The Morgan fingerprint density at radius 2 is 1.16 bits per heavy atom. The Kier molecular flexibility index (Phi) is 8.22. The number of rotatable bonds is 7. The molecule has 9 aromatic carbocycles. The van der Waals surface area contributed by atoms with E-state index in [1.165, 1.54) is 0 Å². The Morgan fingerprint density at radius 1 is 0.471 bits per heavy atom. The van der Waals surface area contributed by atoms with Gasteiger partial charge in [0.25, 0.3) is 0 Å². The monoisotopic (exact) mass is 902 g/mol. The maximum Gasteiger partial charge on any atom is 0.221 e. The lowest BCUT2D eigenvalue weighted by molar-refractivity contribution is 0.477. The van der Waals surface area contributed by atoms with E-state index in [1.54, 1.807) is 0 Å². The van der Waals surface area contributed by atoms with Crippen LogP contribution in [0.4, 0.5) is 22.7 Å². The molecule has 1 aliphatic heterocycles. The fourth-order valence-corrected chi connectivity index (χ4v) is 10.7. The van der Waals surface area contributed by atoms with E-state index in [-0.39, 0.29) is 0 Å². The van der Waals surface area contributed by atoms with Crippen molar-refractivity contribution in [3.63, 3.8) is 0 Å². The van der Waals surface area contributed by atoms with Crippen LogP contribution in [0.3, 0.4) is 0 Å². The molecule has 0 spiro atoms. The predicted octanol–water partition coefficient (Wildman–Crippen LogP) is 16.0. The first-order valence-corrected chi connectivity index (χ1v) is 23.4. The maximum atomic E-state index is 7.18. The molecule has 0 fully saturated rings. The number of fused-ring (bicyclic) bond motifs is 13. The Balaban J connectivity index is 0.939. The third-order valence-corrected chi connectivity index (χ3v) is 13.8. The lowest BCUT2D eigenvalue weighted by Gasteiger charge is -2.27. The van der Waals surface area contributed by atoms with Gasteiger partial charge < -0.3 is 23.4 Å². The molecule has 330 valence electrons. The van der Waals surface area contributed by atoms with Gasteiger partial charge in [-0.15, -0.1) is 0 Å². The zero-order valence-corrected chi connectivity index (χ0v) is 37.4. The Hall–Kier alpha value is -9.60. The first-order chi connectivity index (χ1) is 34.7. The molecule has 0 saturated carbocycles. The van der Waals surface area contributed by atoms with Crippen molar-refractivity contribution in [2.75, 3.05) is 16.5 Å². The zero-order chi connectivity index (χ0) is 45.9. The van der Waals surface area contributed by atoms with Crippen molar-refractivity contribution in [3.8, 4) is 39.6 Å². The largest absolute Gasteiger partial charge is 0.453 e. The summed E-state index contributed by atoms with van der Waals surface area (Å²) in [5.74, 6) is 2.73. The molecular formula is C61H38N6O3. The molecule has 0 bridgehead atoms. The number of pyridine rings is 1. The van der Waals surface area contributed by atoms with Crippen molar-refractivity contribution < 1.29 is 13.6 Å². The van der Waals surface area contributed by atoms with Crippen molar-refractivity contribution >= 4 is 94.5 Å². The van der Waals surface area contributed by atoms with Crippen LogP contribution < -0.4 is 14.5 Å². The van der Waals surface area contributed by atoms with Crippen LogP contribution >= 0.6 is 0 Å². The van der Waals surface area contributed by atoms with E-state index in [4.69, 9.17) is 23.5 Å². The summed E-state index contributed by atoms with van der Waals surface area (Å²) in [4.78, 5) is 14.7. The highest BCUT2D eigenvalue weighted by Crippen LogP contribution is 2.52. The van der Waals surface area contributed by atoms with E-state index < -0.39 is 0 Å². The molecule has 0 aliphatic carbocycles. The first-order valence-electron chi connectivity index (χ1n) is 23.4. The van der Waals surface area contributed by atoms with Gasteiger partial charge >= 0.3 is 0 Å². The van der Waals surface area contributed by atoms with Gasteiger partial charge in [-0.25, -0.2) is 9.97 Å². The second kappa shape index (κ2) is 15.0. The van der Waals surface area contributed by atoms with Crippen molar-refractivity contribution in [2.24, 2.45) is 0 Å². The molecule has 5 aromatic heterocycles. The lowest BCUT2D eigenvalue weighted by Crippen LogP contribution is -2.25. The van der Waals surface area contributed by atoms with Gasteiger partial charge in [-0.1, -0.05) is 127 Å². The van der Waals surface area contributed by atoms with Crippen LogP contribution in [-0.4, -0.2) is 25.6 Å². The maximum absolute atomic E-state index is 7.18. The van der Waals surface area contributed by atoms with Crippen LogP contribution in [-0.2, 0) is 0 Å². The van der Waals surface area contributed by atoms with Gasteiger partial charge in [0.05, 0.1) is 39.1 Å². The predicted molar refractivity (Wildman–Crippen MR) is 281 cm³/mol. The molecule has 9 heteroatoms. The molecule has 70 heavy (non-hydrogen) atoms. The van der Waals surface area contributed by atoms with E-state index in [0.29, 0.717) is 34.9 Å². The van der Waals surface area contributed by atoms with Crippen molar-refractivity contribution in [1.29, 1.82) is 0 Å². The number of aromatic nitrogens is 4. The summed E-state index contributed by atoms with van der Waals surface area (Å²) in [5.41, 5.74) is 15.5. The summed E-state index contributed by atoms with van der Waals surface area (Å²) in [6.07, 6.45) is 1.81. The van der Waals surface area contributed by atoms with E-state index in [0.717, 1.165) is 106 Å². The smallest absolute Gasteiger partial charge is 0.221 e. The Labute approximate surface area is 399 Å². The van der Waals surface area contributed by atoms with Crippen LogP contribution in [0.1, 0.15) is 0 Å². The molecule has 14 aromatic rings. The highest BCUT2D eigenvalue weighted by Gasteiger charge is 2.33. The molecule has 0 radical (unpaired) electrons. The third kappa shape index (κ3) is 5.72. The molecule has 0 saturated heterocycles. The fraction of sp³-hybridized carbons (Fsp3) is 0.0164. The number of para-hydroxylation sites is 6. The third-order valence-electron chi connectivity index (χ3n) is 13.8. The standard InChI is InChI=1S/C61H38N6O3/c1-3-16-38(17-4-1)42-21-15-22-43(39-18-5-2-6-19-39)57(42)65-37-64(50-25-10-11-26-51(50)65)40-34-47-46-31-30-45-44-20-7-12-27-54(44)69-59(45)60(46)70-58(47)55(35-40)68-41-29-32-52-53(36-41)67(56-28-13-14-33-62-56)61-63-48-23-8-9-24-49(48)66(52)61/h1-36H,37H2. The Morgan fingerprint density at radius 3 is 1.94 bits per heavy atom. The SMILES string of the molecule is c1ccc(-c2cccc(-c3ccccc3)c2N2CN(c3cc(Oc4ccc5c(c4)n(-c4ccccn4)c4nc6ccccc6n54)c4oc5c(ccc6c7ccccc7oc65)c4c3)c3ccccc32)cc1. The van der Waals surface area contributed by atoms with Crippen LogP contribution in [0.15, 0.2) is 227 Å². The summed E-state index contributed by atoms with van der Waals surface area (Å²) < 4.78 is 25.0. The topological polar surface area (TPSA) is 77.1 Å². The molecule has 0 N–H and O–H groups in total. The molecule has 9 nitrogen and oxygen atoms in total. The minimum Gasteiger partial charge on any atom is -0.453 e. The van der Waals surface area contributed by atoms with Gasteiger partial charge in [0.2, 0.25) is 5.78 Å². The molecule has 6 heterocycles. The molecule has 15 rings (SSSR count). The number of imidazole rings is 2. The van der Waals surface area contributed by atoms with E-state index in [1.807, 2.05) is 66.9 Å². The molecule has 0 unspecified atom stereocenters. The summed E-state index contributed by atoms with van der Waals surface area (Å²) in [7, 11) is 0. The zero-order valence-electron chi connectivity index (χ0n) is 37.4. The van der Waals surface area contributed by atoms with Crippen LogP contribution in [0.5, 0.6) is 11.5 Å². The lowest BCUT2D eigenvalue weighted by atomic mass is 9.95. The van der Waals surface area contributed by atoms with Crippen LogP contribution in [0.25, 0.3) is 99.8 Å². The quantitative estimate of drug-likeness (QED) is 0.158. The van der Waals surface area contributed by atoms with E-state index in [9.17, 15) is 0 Å². The number of hydrogen-bond acceptors (Lipinski definition) is 7. The van der Waals surface area contributed by atoms with Gasteiger partial charge in [0.15, 0.2) is 22.5 Å². The average Bonchev–Trinajstić information content (AvgIpc) is 4.25. The average molecular weight is 903 g/mol. The number of hydrogen-bond donors (Lipinski definition) is 0. The molecular weight excluding hydrogens is 865 g/mol.